The smallest absolute Gasteiger partial charge is 0.354 e. The Bertz CT molecular complexity index is 654. The van der Waals surface area contributed by atoms with Gasteiger partial charge in [-0.2, -0.15) is 0 Å². The second kappa shape index (κ2) is 6.49. The quantitative estimate of drug-likeness (QED) is 0.922. The van der Waals surface area contributed by atoms with E-state index in [0.717, 1.165) is 10.0 Å². The van der Waals surface area contributed by atoms with E-state index in [9.17, 15) is 9.59 Å². The van der Waals surface area contributed by atoms with Crippen LogP contribution in [-0.4, -0.2) is 33.9 Å². The van der Waals surface area contributed by atoms with Gasteiger partial charge < -0.3 is 10.0 Å². The van der Waals surface area contributed by atoms with Crippen LogP contribution in [0.25, 0.3) is 0 Å². The van der Waals surface area contributed by atoms with Gasteiger partial charge in [0.2, 0.25) is 0 Å². The maximum Gasteiger partial charge on any atom is 0.354 e. The lowest BCUT2D eigenvalue weighted by atomic mass is 10.2. The first kappa shape index (κ1) is 15.2. The third-order valence-electron chi connectivity index (χ3n) is 2.91. The van der Waals surface area contributed by atoms with Gasteiger partial charge >= 0.3 is 5.97 Å². The van der Waals surface area contributed by atoms with Crippen LogP contribution in [0.4, 0.5) is 0 Å². The fourth-order valence-corrected chi connectivity index (χ4v) is 2.07. The van der Waals surface area contributed by atoms with Gasteiger partial charge in [-0.15, -0.1) is 0 Å². The average molecular weight is 349 g/mol. The maximum absolute atomic E-state index is 12.2. The van der Waals surface area contributed by atoms with E-state index < -0.39 is 5.97 Å². The summed E-state index contributed by atoms with van der Waals surface area (Å²) in [7, 11) is 1.69. The monoisotopic (exact) mass is 348 g/mol. The van der Waals surface area contributed by atoms with Crippen LogP contribution in [0.3, 0.4) is 0 Å². The van der Waals surface area contributed by atoms with E-state index >= 15 is 0 Å². The predicted octanol–water partition coefficient (Wildman–Crippen LogP) is 2.81. The van der Waals surface area contributed by atoms with E-state index in [2.05, 4.69) is 20.9 Å². The lowest BCUT2D eigenvalue weighted by molar-refractivity contribution is 0.0688. The molecule has 0 radical (unpaired) electrons. The molecule has 21 heavy (non-hydrogen) atoms. The molecular formula is C15H13BrN2O3. The molecule has 0 aliphatic carbocycles. The van der Waals surface area contributed by atoms with Crippen molar-refractivity contribution in [2.45, 2.75) is 6.54 Å². The highest BCUT2D eigenvalue weighted by atomic mass is 79.9. The van der Waals surface area contributed by atoms with Crippen molar-refractivity contribution in [1.29, 1.82) is 0 Å². The number of carboxylic acids is 1. The van der Waals surface area contributed by atoms with Crippen molar-refractivity contribution >= 4 is 27.8 Å². The zero-order chi connectivity index (χ0) is 15.4. The highest BCUT2D eigenvalue weighted by Crippen LogP contribution is 2.13. The highest BCUT2D eigenvalue weighted by Gasteiger charge is 2.13. The summed E-state index contributed by atoms with van der Waals surface area (Å²) < 4.78 is 0.980. The van der Waals surface area contributed by atoms with Crippen molar-refractivity contribution < 1.29 is 14.7 Å². The Morgan fingerprint density at radius 1 is 1.19 bits per heavy atom. The molecule has 0 saturated carbocycles. The second-order valence-electron chi connectivity index (χ2n) is 4.52. The number of aromatic nitrogens is 1. The number of amides is 1. The minimum Gasteiger partial charge on any atom is -0.477 e. The van der Waals surface area contributed by atoms with Crippen molar-refractivity contribution in [3.63, 3.8) is 0 Å². The van der Waals surface area contributed by atoms with Crippen LogP contribution in [0.5, 0.6) is 0 Å². The first-order valence-corrected chi connectivity index (χ1v) is 6.96. The third-order valence-corrected chi connectivity index (χ3v) is 3.44. The number of benzene rings is 1. The van der Waals surface area contributed by atoms with E-state index in [1.807, 2.05) is 24.3 Å². The first-order chi connectivity index (χ1) is 9.97. The molecule has 1 heterocycles. The number of pyridine rings is 1. The number of rotatable bonds is 4. The molecule has 0 atom stereocenters. The second-order valence-corrected chi connectivity index (χ2v) is 5.44. The summed E-state index contributed by atoms with van der Waals surface area (Å²) in [6.07, 6.45) is 1.28. The molecule has 2 rings (SSSR count). The normalized spacial score (nSPS) is 10.2. The van der Waals surface area contributed by atoms with Gasteiger partial charge in [0.25, 0.3) is 5.91 Å². The van der Waals surface area contributed by atoms with Gasteiger partial charge in [-0.05, 0) is 29.8 Å². The van der Waals surface area contributed by atoms with E-state index in [-0.39, 0.29) is 11.6 Å². The molecule has 0 fully saturated rings. The average Bonchev–Trinajstić information content (AvgIpc) is 2.49. The summed E-state index contributed by atoms with van der Waals surface area (Å²) in [5.41, 5.74) is 1.28. The third kappa shape index (κ3) is 3.88. The van der Waals surface area contributed by atoms with E-state index in [0.29, 0.717) is 12.1 Å². The van der Waals surface area contributed by atoms with Gasteiger partial charge in [0.15, 0.2) is 0 Å². The van der Waals surface area contributed by atoms with Gasteiger partial charge in [-0.25, -0.2) is 9.78 Å². The van der Waals surface area contributed by atoms with Crippen molar-refractivity contribution in [1.82, 2.24) is 9.88 Å². The Balaban J connectivity index is 2.08. The zero-order valence-corrected chi connectivity index (χ0v) is 12.9. The van der Waals surface area contributed by atoms with Crippen LogP contribution in [0, 0.1) is 0 Å². The molecule has 1 aromatic carbocycles. The van der Waals surface area contributed by atoms with Gasteiger partial charge in [-0.1, -0.05) is 28.1 Å². The molecule has 1 N–H and O–H groups in total. The summed E-state index contributed by atoms with van der Waals surface area (Å²) in [4.78, 5) is 28.3. The predicted molar refractivity (Wildman–Crippen MR) is 81.1 cm³/mol. The van der Waals surface area contributed by atoms with Crippen molar-refractivity contribution in [2.75, 3.05) is 7.05 Å². The summed E-state index contributed by atoms with van der Waals surface area (Å²) in [6, 6.07) is 10.5. The van der Waals surface area contributed by atoms with Gasteiger partial charge in [-0.3, -0.25) is 4.79 Å². The number of aromatic carboxylic acids is 1. The Labute approximate surface area is 130 Å². The fraction of sp³-hybridized carbons (Fsp3) is 0.133. The molecule has 1 amide bonds. The van der Waals surface area contributed by atoms with Crippen molar-refractivity contribution in [3.05, 3.63) is 63.9 Å². The molecular weight excluding hydrogens is 336 g/mol. The minimum atomic E-state index is -1.11. The molecule has 0 saturated heterocycles. The Morgan fingerprint density at radius 2 is 1.86 bits per heavy atom. The first-order valence-electron chi connectivity index (χ1n) is 6.16. The summed E-state index contributed by atoms with van der Waals surface area (Å²) >= 11 is 3.36. The fourth-order valence-electron chi connectivity index (χ4n) is 1.80. The standard InChI is InChI=1S/C15H13BrN2O3/c1-18(9-10-2-5-12(16)6-3-10)14(19)11-4-7-13(15(20)21)17-8-11/h2-8H,9H2,1H3,(H,20,21). The number of carbonyl (C=O) groups is 2. The molecule has 0 bridgehead atoms. The molecule has 1 aromatic heterocycles. The molecule has 5 nitrogen and oxygen atoms in total. The number of hydrogen-bond donors (Lipinski definition) is 1. The molecule has 0 aliphatic heterocycles. The maximum atomic E-state index is 12.2. The Morgan fingerprint density at radius 3 is 2.38 bits per heavy atom. The van der Waals surface area contributed by atoms with E-state index in [4.69, 9.17) is 5.11 Å². The van der Waals surface area contributed by atoms with Crippen LogP contribution >= 0.6 is 15.9 Å². The number of carboxylic acid groups (broad SMARTS) is 1. The van der Waals surface area contributed by atoms with Crippen LogP contribution in [-0.2, 0) is 6.54 Å². The van der Waals surface area contributed by atoms with Gasteiger partial charge in [0.1, 0.15) is 5.69 Å². The molecule has 6 heteroatoms. The van der Waals surface area contributed by atoms with Gasteiger partial charge in [0, 0.05) is 24.3 Å². The number of carbonyl (C=O) groups excluding carboxylic acids is 1. The Hall–Kier alpha value is -2.21. The largest absolute Gasteiger partial charge is 0.477 e. The molecule has 0 aliphatic rings. The van der Waals surface area contributed by atoms with Crippen molar-refractivity contribution in [2.24, 2.45) is 0 Å². The van der Waals surface area contributed by atoms with Gasteiger partial charge in [0.05, 0.1) is 5.56 Å². The topological polar surface area (TPSA) is 70.5 Å². The molecule has 0 unspecified atom stereocenters. The van der Waals surface area contributed by atoms with E-state index in [1.165, 1.54) is 18.3 Å². The Kier molecular flexibility index (Phi) is 4.70. The minimum absolute atomic E-state index is 0.0814. The highest BCUT2D eigenvalue weighted by molar-refractivity contribution is 9.10. The molecule has 2 aromatic rings. The lowest BCUT2D eigenvalue weighted by Crippen LogP contribution is -2.26. The van der Waals surface area contributed by atoms with Crippen LogP contribution < -0.4 is 0 Å². The van der Waals surface area contributed by atoms with Crippen LogP contribution in [0.1, 0.15) is 26.4 Å². The van der Waals surface area contributed by atoms with E-state index in [1.54, 1.807) is 11.9 Å². The lowest BCUT2D eigenvalue weighted by Gasteiger charge is -2.17. The number of nitrogens with zero attached hydrogens (tertiary/aromatic N) is 2. The van der Waals surface area contributed by atoms with Crippen molar-refractivity contribution in [3.8, 4) is 0 Å². The summed E-state index contributed by atoms with van der Waals surface area (Å²) in [5, 5.41) is 8.78. The van der Waals surface area contributed by atoms with Crippen LogP contribution in [0.15, 0.2) is 47.1 Å². The van der Waals surface area contributed by atoms with Crippen LogP contribution in [0.2, 0.25) is 0 Å². The zero-order valence-electron chi connectivity index (χ0n) is 11.3. The number of hydrogen-bond acceptors (Lipinski definition) is 3. The SMILES string of the molecule is CN(Cc1ccc(Br)cc1)C(=O)c1ccc(C(=O)O)nc1. The summed E-state index contributed by atoms with van der Waals surface area (Å²) in [6.45, 7) is 0.465. The molecule has 0 spiro atoms. The summed E-state index contributed by atoms with van der Waals surface area (Å²) in [5.74, 6) is -1.32. The number of halogens is 1. The molecule has 108 valence electrons.